The third kappa shape index (κ3) is 3.77. The van der Waals surface area contributed by atoms with Crippen molar-refractivity contribution in [1.29, 1.82) is 0 Å². The molecule has 0 radical (unpaired) electrons. The molecule has 0 aliphatic heterocycles. The Morgan fingerprint density at radius 1 is 1.53 bits per heavy atom. The first-order valence-electron chi connectivity index (χ1n) is 5.04. The fourth-order valence-corrected chi connectivity index (χ4v) is 1.94. The summed E-state index contributed by atoms with van der Waals surface area (Å²) in [5.41, 5.74) is 5.44. The van der Waals surface area contributed by atoms with Crippen molar-refractivity contribution < 1.29 is 14.6 Å². The molecule has 6 heteroatoms. The molecule has 0 spiro atoms. The van der Waals surface area contributed by atoms with Crippen molar-refractivity contribution in [3.63, 3.8) is 0 Å². The van der Waals surface area contributed by atoms with Crippen LogP contribution in [0.4, 0.5) is 4.79 Å². The summed E-state index contributed by atoms with van der Waals surface area (Å²) in [6.45, 7) is 1.76. The molecule has 0 aliphatic rings. The molecule has 1 rings (SSSR count). The number of carbonyl (C=O) groups is 1. The van der Waals surface area contributed by atoms with Crippen LogP contribution in [0.2, 0.25) is 10.0 Å². The number of carbonyl (C=O) groups excluding carboxylic acids is 1. The van der Waals surface area contributed by atoms with Crippen molar-refractivity contribution >= 4 is 29.3 Å². The number of ether oxygens (including phenoxy) is 1. The standard InChI is InChI=1S/C11H13Cl2NO3/c1-2-9(15)10(17-11(14)16)7-4-3-6(12)5-8(7)13/h3-5,9-10,15H,2H2,1H3,(H2,14,16)/t9-,10-/m1/s1. The maximum atomic E-state index is 10.8. The van der Waals surface area contributed by atoms with Crippen LogP contribution in [0.25, 0.3) is 0 Å². The third-order valence-corrected chi connectivity index (χ3v) is 2.84. The highest BCUT2D eigenvalue weighted by Gasteiger charge is 2.25. The smallest absolute Gasteiger partial charge is 0.405 e. The minimum Gasteiger partial charge on any atom is -0.439 e. The van der Waals surface area contributed by atoms with E-state index in [0.717, 1.165) is 0 Å². The molecule has 0 unspecified atom stereocenters. The van der Waals surface area contributed by atoms with Crippen LogP contribution in [0, 0.1) is 0 Å². The van der Waals surface area contributed by atoms with Gasteiger partial charge in [0.15, 0.2) is 6.10 Å². The first-order chi connectivity index (χ1) is 7.95. The molecule has 1 aromatic carbocycles. The van der Waals surface area contributed by atoms with Gasteiger partial charge in [-0.1, -0.05) is 36.2 Å². The van der Waals surface area contributed by atoms with Crippen LogP contribution in [0.15, 0.2) is 18.2 Å². The Balaban J connectivity index is 3.07. The van der Waals surface area contributed by atoms with Crippen LogP contribution in [0.1, 0.15) is 25.0 Å². The normalized spacial score (nSPS) is 14.1. The van der Waals surface area contributed by atoms with Crippen molar-refractivity contribution in [1.82, 2.24) is 0 Å². The molecule has 94 valence electrons. The second-order valence-corrected chi connectivity index (χ2v) is 4.34. The second-order valence-electron chi connectivity index (χ2n) is 3.50. The number of primary amides is 1. The quantitative estimate of drug-likeness (QED) is 0.889. The molecule has 3 N–H and O–H groups in total. The number of hydrogen-bond donors (Lipinski definition) is 2. The van der Waals surface area contributed by atoms with E-state index in [1.165, 1.54) is 6.07 Å². The van der Waals surface area contributed by atoms with E-state index < -0.39 is 18.3 Å². The zero-order valence-corrected chi connectivity index (χ0v) is 10.7. The van der Waals surface area contributed by atoms with Crippen LogP contribution in [0.5, 0.6) is 0 Å². The van der Waals surface area contributed by atoms with E-state index in [-0.39, 0.29) is 0 Å². The molecule has 2 atom stereocenters. The van der Waals surface area contributed by atoms with E-state index >= 15 is 0 Å². The van der Waals surface area contributed by atoms with Gasteiger partial charge in [-0.05, 0) is 18.6 Å². The summed E-state index contributed by atoms with van der Waals surface area (Å²) in [5.74, 6) is 0. The number of aliphatic hydroxyl groups excluding tert-OH is 1. The van der Waals surface area contributed by atoms with Gasteiger partial charge in [0.1, 0.15) is 0 Å². The van der Waals surface area contributed by atoms with Gasteiger partial charge in [0, 0.05) is 15.6 Å². The fraction of sp³-hybridized carbons (Fsp3) is 0.364. The molecule has 4 nitrogen and oxygen atoms in total. The molecule has 0 fully saturated rings. The lowest BCUT2D eigenvalue weighted by atomic mass is 10.0. The summed E-state index contributed by atoms with van der Waals surface area (Å²) >= 11 is 11.7. The number of halogens is 2. The lowest BCUT2D eigenvalue weighted by molar-refractivity contribution is 0.00341. The maximum Gasteiger partial charge on any atom is 0.405 e. The van der Waals surface area contributed by atoms with Gasteiger partial charge in [-0.2, -0.15) is 0 Å². The van der Waals surface area contributed by atoms with Gasteiger partial charge in [0.25, 0.3) is 0 Å². The lowest BCUT2D eigenvalue weighted by Crippen LogP contribution is -2.26. The number of rotatable bonds is 4. The summed E-state index contributed by atoms with van der Waals surface area (Å²) in [4.78, 5) is 10.8. The Morgan fingerprint density at radius 2 is 2.18 bits per heavy atom. The van der Waals surface area contributed by atoms with Crippen molar-refractivity contribution in [3.05, 3.63) is 33.8 Å². The van der Waals surface area contributed by atoms with Gasteiger partial charge >= 0.3 is 6.09 Å². The zero-order valence-electron chi connectivity index (χ0n) is 9.19. The maximum absolute atomic E-state index is 10.8. The van der Waals surface area contributed by atoms with Crippen LogP contribution in [0.3, 0.4) is 0 Å². The molecular formula is C11H13Cl2NO3. The van der Waals surface area contributed by atoms with Gasteiger partial charge in [-0.3, -0.25) is 0 Å². The summed E-state index contributed by atoms with van der Waals surface area (Å²) in [5, 5.41) is 10.6. The van der Waals surface area contributed by atoms with E-state index in [0.29, 0.717) is 22.0 Å². The average molecular weight is 278 g/mol. The van der Waals surface area contributed by atoms with Gasteiger partial charge in [0.05, 0.1) is 6.10 Å². The summed E-state index contributed by atoms with van der Waals surface area (Å²) < 4.78 is 4.87. The molecular weight excluding hydrogens is 265 g/mol. The van der Waals surface area contributed by atoms with E-state index in [4.69, 9.17) is 33.7 Å². The Kier molecular flexibility index (Phi) is 5.05. The summed E-state index contributed by atoms with van der Waals surface area (Å²) in [6, 6.07) is 4.71. The highest BCUT2D eigenvalue weighted by atomic mass is 35.5. The molecule has 0 saturated carbocycles. The van der Waals surface area contributed by atoms with E-state index in [1.54, 1.807) is 19.1 Å². The average Bonchev–Trinajstić information content (AvgIpc) is 2.25. The Hall–Kier alpha value is -0.970. The molecule has 0 aliphatic carbocycles. The van der Waals surface area contributed by atoms with E-state index in [2.05, 4.69) is 0 Å². The van der Waals surface area contributed by atoms with Gasteiger partial charge in [0.2, 0.25) is 0 Å². The van der Waals surface area contributed by atoms with E-state index in [9.17, 15) is 9.90 Å². The molecule has 0 aromatic heterocycles. The van der Waals surface area contributed by atoms with Gasteiger partial charge in [-0.15, -0.1) is 0 Å². The third-order valence-electron chi connectivity index (χ3n) is 2.28. The Morgan fingerprint density at radius 3 is 2.65 bits per heavy atom. The topological polar surface area (TPSA) is 72.6 Å². The minimum absolute atomic E-state index is 0.316. The zero-order chi connectivity index (χ0) is 13.0. The van der Waals surface area contributed by atoms with Gasteiger partial charge < -0.3 is 15.6 Å². The van der Waals surface area contributed by atoms with Crippen LogP contribution in [-0.2, 0) is 4.74 Å². The fourth-order valence-electron chi connectivity index (χ4n) is 1.42. The van der Waals surface area contributed by atoms with Crippen molar-refractivity contribution in [2.75, 3.05) is 0 Å². The highest BCUT2D eigenvalue weighted by Crippen LogP contribution is 2.31. The second kappa shape index (κ2) is 6.10. The highest BCUT2D eigenvalue weighted by molar-refractivity contribution is 6.35. The van der Waals surface area contributed by atoms with Gasteiger partial charge in [-0.25, -0.2) is 4.79 Å². The number of aliphatic hydroxyl groups is 1. The Labute approximate surface area is 109 Å². The van der Waals surface area contributed by atoms with Crippen LogP contribution < -0.4 is 5.73 Å². The van der Waals surface area contributed by atoms with Crippen molar-refractivity contribution in [3.8, 4) is 0 Å². The monoisotopic (exact) mass is 277 g/mol. The molecule has 0 saturated heterocycles. The van der Waals surface area contributed by atoms with Crippen LogP contribution >= 0.6 is 23.2 Å². The number of nitrogens with two attached hydrogens (primary N) is 1. The lowest BCUT2D eigenvalue weighted by Gasteiger charge is -2.22. The first-order valence-corrected chi connectivity index (χ1v) is 5.80. The first kappa shape index (κ1) is 14.1. The van der Waals surface area contributed by atoms with E-state index in [1.807, 2.05) is 0 Å². The number of hydrogen-bond acceptors (Lipinski definition) is 3. The van der Waals surface area contributed by atoms with Crippen molar-refractivity contribution in [2.45, 2.75) is 25.6 Å². The Bertz CT molecular complexity index is 412. The molecule has 0 heterocycles. The number of benzene rings is 1. The summed E-state index contributed by atoms with van der Waals surface area (Å²) in [6.07, 6.45) is -2.33. The number of amides is 1. The molecule has 1 aromatic rings. The predicted octanol–water partition coefficient (Wildman–Crippen LogP) is 2.90. The summed E-state index contributed by atoms with van der Waals surface area (Å²) in [7, 11) is 0. The molecule has 1 amide bonds. The van der Waals surface area contributed by atoms with Crippen molar-refractivity contribution in [2.24, 2.45) is 5.73 Å². The molecule has 17 heavy (non-hydrogen) atoms. The molecule has 0 bridgehead atoms. The van der Waals surface area contributed by atoms with Crippen LogP contribution in [-0.4, -0.2) is 17.3 Å². The minimum atomic E-state index is -0.964. The largest absolute Gasteiger partial charge is 0.439 e. The predicted molar refractivity (Wildman–Crippen MR) is 66.2 cm³/mol. The SMILES string of the molecule is CC[C@@H](O)[C@H](OC(N)=O)c1ccc(Cl)cc1Cl.